The van der Waals surface area contributed by atoms with Gasteiger partial charge in [0.2, 0.25) is 0 Å². The number of nitrogens with zero attached hydrogens (tertiary/aromatic N) is 3. The predicted molar refractivity (Wildman–Crippen MR) is 97.1 cm³/mol. The van der Waals surface area contributed by atoms with Gasteiger partial charge in [-0.05, 0) is 44.2 Å². The number of nitrogens with one attached hydrogen (secondary N) is 1. The number of H-pyrrole nitrogens is 1. The molecular weight excluding hydrogens is 300 g/mol. The number of hydrogen-bond acceptors (Lipinski definition) is 4. The summed E-state index contributed by atoms with van der Waals surface area (Å²) in [6, 6.07) is 0. The largest absolute Gasteiger partial charge is 0.383 e. The number of methoxy groups -OCH3 is 1. The van der Waals surface area contributed by atoms with E-state index in [0.29, 0.717) is 5.41 Å². The molecular formula is C19H34N4O. The molecule has 3 rings (SSSR count). The molecule has 5 heteroatoms. The van der Waals surface area contributed by atoms with E-state index in [1.807, 2.05) is 6.20 Å². The molecule has 2 saturated heterocycles. The summed E-state index contributed by atoms with van der Waals surface area (Å²) in [5.74, 6) is 1.16. The first-order valence-corrected chi connectivity index (χ1v) is 9.69. The van der Waals surface area contributed by atoms with E-state index in [2.05, 4.69) is 26.7 Å². The Morgan fingerprint density at radius 3 is 2.96 bits per heavy atom. The van der Waals surface area contributed by atoms with Gasteiger partial charge < -0.3 is 14.6 Å². The quantitative estimate of drug-likeness (QED) is 0.794. The van der Waals surface area contributed by atoms with E-state index in [9.17, 15) is 0 Å². The average molecular weight is 335 g/mol. The van der Waals surface area contributed by atoms with E-state index >= 15 is 0 Å². The second-order valence-electron chi connectivity index (χ2n) is 7.79. The van der Waals surface area contributed by atoms with Crippen molar-refractivity contribution in [3.8, 4) is 0 Å². The summed E-state index contributed by atoms with van der Waals surface area (Å²) in [5, 5.41) is 0. The van der Waals surface area contributed by atoms with Gasteiger partial charge >= 0.3 is 0 Å². The number of aromatic amines is 1. The van der Waals surface area contributed by atoms with Crippen molar-refractivity contribution < 1.29 is 4.74 Å². The summed E-state index contributed by atoms with van der Waals surface area (Å²) in [4.78, 5) is 13.3. The molecule has 0 radical (unpaired) electrons. The monoisotopic (exact) mass is 334 g/mol. The Hall–Kier alpha value is -0.910. The minimum atomic E-state index is 0.511. The molecule has 0 aromatic carbocycles. The number of aromatic nitrogens is 2. The van der Waals surface area contributed by atoms with Crippen LogP contribution in [0.2, 0.25) is 0 Å². The van der Waals surface area contributed by atoms with Crippen molar-refractivity contribution in [2.75, 3.05) is 46.4 Å². The SMILES string of the molecule is CCCCc1ncc(CN2CCC3(CCCN(CCOC)C3)C2)[nH]1. The van der Waals surface area contributed by atoms with Crippen molar-refractivity contribution in [3.63, 3.8) is 0 Å². The number of piperidine rings is 1. The van der Waals surface area contributed by atoms with Crippen molar-refractivity contribution in [2.24, 2.45) is 5.41 Å². The zero-order valence-corrected chi connectivity index (χ0v) is 15.5. The van der Waals surface area contributed by atoms with Crippen LogP contribution in [0.3, 0.4) is 0 Å². The Labute approximate surface area is 146 Å². The third kappa shape index (κ3) is 4.58. The molecule has 1 unspecified atom stereocenters. The first-order chi connectivity index (χ1) is 11.7. The van der Waals surface area contributed by atoms with Crippen molar-refractivity contribution in [2.45, 2.75) is 52.0 Å². The topological polar surface area (TPSA) is 44.4 Å². The highest BCUT2D eigenvalue weighted by atomic mass is 16.5. The third-order valence-electron chi connectivity index (χ3n) is 5.71. The summed E-state index contributed by atoms with van der Waals surface area (Å²) in [7, 11) is 1.80. The Morgan fingerprint density at radius 2 is 2.12 bits per heavy atom. The molecule has 136 valence electrons. The lowest BCUT2D eigenvalue weighted by atomic mass is 9.79. The van der Waals surface area contributed by atoms with Crippen LogP contribution in [0.4, 0.5) is 0 Å². The molecule has 2 fully saturated rings. The molecule has 1 aromatic heterocycles. The number of unbranched alkanes of at least 4 members (excludes halogenated alkanes) is 1. The molecule has 1 spiro atoms. The number of likely N-dealkylation sites (tertiary alicyclic amines) is 2. The molecule has 24 heavy (non-hydrogen) atoms. The lowest BCUT2D eigenvalue weighted by Gasteiger charge is -2.40. The highest BCUT2D eigenvalue weighted by Gasteiger charge is 2.41. The summed E-state index contributed by atoms with van der Waals surface area (Å²) in [6.45, 7) is 10.1. The summed E-state index contributed by atoms with van der Waals surface area (Å²) in [6.07, 6.45) is 9.63. The van der Waals surface area contributed by atoms with Crippen LogP contribution in [0.5, 0.6) is 0 Å². The summed E-state index contributed by atoms with van der Waals surface area (Å²) >= 11 is 0. The number of aryl methyl sites for hydroxylation is 1. The van der Waals surface area contributed by atoms with Gasteiger partial charge in [0.15, 0.2) is 0 Å². The van der Waals surface area contributed by atoms with E-state index < -0.39 is 0 Å². The van der Waals surface area contributed by atoms with Crippen LogP contribution >= 0.6 is 0 Å². The van der Waals surface area contributed by atoms with Gasteiger partial charge in [-0.3, -0.25) is 4.90 Å². The third-order valence-corrected chi connectivity index (χ3v) is 5.71. The van der Waals surface area contributed by atoms with Crippen molar-refractivity contribution in [3.05, 3.63) is 17.7 Å². The summed E-state index contributed by atoms with van der Waals surface area (Å²) < 4.78 is 5.26. The fourth-order valence-electron chi connectivity index (χ4n) is 4.42. The molecule has 1 atom stereocenters. The zero-order chi connectivity index (χ0) is 16.8. The van der Waals surface area contributed by atoms with Crippen LogP contribution < -0.4 is 0 Å². The molecule has 0 aliphatic carbocycles. The molecule has 2 aliphatic rings. The van der Waals surface area contributed by atoms with E-state index in [0.717, 1.165) is 31.9 Å². The van der Waals surface area contributed by atoms with Crippen LogP contribution in [0.1, 0.15) is 50.5 Å². The van der Waals surface area contributed by atoms with Crippen LogP contribution in [-0.4, -0.2) is 66.2 Å². The maximum atomic E-state index is 5.26. The lowest BCUT2D eigenvalue weighted by Crippen LogP contribution is -2.45. The molecule has 1 aromatic rings. The van der Waals surface area contributed by atoms with Crippen LogP contribution in [0.25, 0.3) is 0 Å². The van der Waals surface area contributed by atoms with Gasteiger partial charge in [0.1, 0.15) is 5.82 Å². The molecule has 5 nitrogen and oxygen atoms in total. The number of rotatable bonds is 8. The van der Waals surface area contributed by atoms with Gasteiger partial charge in [-0.25, -0.2) is 4.98 Å². The van der Waals surface area contributed by atoms with Crippen LogP contribution in [-0.2, 0) is 17.7 Å². The highest BCUT2D eigenvalue weighted by molar-refractivity contribution is 5.03. The second kappa shape index (κ2) is 8.45. The van der Waals surface area contributed by atoms with E-state index in [1.54, 1.807) is 7.11 Å². The Morgan fingerprint density at radius 1 is 1.25 bits per heavy atom. The molecule has 1 N–H and O–H groups in total. The summed E-state index contributed by atoms with van der Waals surface area (Å²) in [5.41, 5.74) is 1.79. The molecule has 2 aliphatic heterocycles. The van der Waals surface area contributed by atoms with E-state index in [4.69, 9.17) is 4.74 Å². The Kier molecular flexibility index (Phi) is 6.31. The maximum Gasteiger partial charge on any atom is 0.106 e. The number of ether oxygens (including phenoxy) is 1. The lowest BCUT2D eigenvalue weighted by molar-refractivity contribution is 0.0673. The second-order valence-corrected chi connectivity index (χ2v) is 7.79. The minimum Gasteiger partial charge on any atom is -0.383 e. The van der Waals surface area contributed by atoms with Crippen molar-refractivity contribution in [1.29, 1.82) is 0 Å². The first kappa shape index (κ1) is 17.9. The normalized spacial score (nSPS) is 25.8. The predicted octanol–water partition coefficient (Wildman–Crippen LogP) is 2.69. The molecule has 0 saturated carbocycles. The molecule has 0 amide bonds. The Bertz CT molecular complexity index is 503. The van der Waals surface area contributed by atoms with Crippen molar-refractivity contribution >= 4 is 0 Å². The van der Waals surface area contributed by atoms with Crippen LogP contribution in [0, 0.1) is 5.41 Å². The molecule has 0 bridgehead atoms. The van der Waals surface area contributed by atoms with Gasteiger partial charge in [0, 0.05) is 51.6 Å². The average Bonchev–Trinajstić information content (AvgIpc) is 3.19. The minimum absolute atomic E-state index is 0.511. The fourth-order valence-corrected chi connectivity index (χ4v) is 4.42. The van der Waals surface area contributed by atoms with Gasteiger partial charge in [-0.1, -0.05) is 13.3 Å². The smallest absolute Gasteiger partial charge is 0.106 e. The Balaban J connectivity index is 1.50. The first-order valence-electron chi connectivity index (χ1n) is 9.69. The standard InChI is InChI=1S/C19H34N4O/c1-3-4-6-18-20-13-17(21-18)14-23-10-8-19(16-23)7-5-9-22(15-19)11-12-24-2/h13H,3-12,14-16H2,1-2H3,(H,20,21). The number of imidazole rings is 1. The zero-order valence-electron chi connectivity index (χ0n) is 15.5. The van der Waals surface area contributed by atoms with Gasteiger partial charge in [0.05, 0.1) is 6.61 Å². The van der Waals surface area contributed by atoms with Gasteiger partial charge in [-0.2, -0.15) is 0 Å². The molecule has 3 heterocycles. The van der Waals surface area contributed by atoms with Crippen LogP contribution in [0.15, 0.2) is 6.20 Å². The van der Waals surface area contributed by atoms with E-state index in [1.165, 1.54) is 64.0 Å². The fraction of sp³-hybridized carbons (Fsp3) is 0.842. The maximum absolute atomic E-state index is 5.26. The highest BCUT2D eigenvalue weighted by Crippen LogP contribution is 2.39. The van der Waals surface area contributed by atoms with E-state index in [-0.39, 0.29) is 0 Å². The van der Waals surface area contributed by atoms with Gasteiger partial charge in [-0.15, -0.1) is 0 Å². The van der Waals surface area contributed by atoms with Crippen molar-refractivity contribution in [1.82, 2.24) is 19.8 Å². The number of hydrogen-bond donors (Lipinski definition) is 1. The van der Waals surface area contributed by atoms with Gasteiger partial charge in [0.25, 0.3) is 0 Å².